The third kappa shape index (κ3) is 6.00. The van der Waals surface area contributed by atoms with Crippen LogP contribution in [0.15, 0.2) is 54.6 Å². The van der Waals surface area contributed by atoms with Gasteiger partial charge < -0.3 is 9.84 Å². The summed E-state index contributed by atoms with van der Waals surface area (Å²) < 4.78 is 42.2. The fraction of sp³-hybridized carbons (Fsp3) is 0.469. The lowest BCUT2D eigenvalue weighted by Crippen LogP contribution is -2.51. The minimum Gasteiger partial charge on any atom is -0.496 e. The molecular weight excluding hydrogens is 489 g/mol. The van der Waals surface area contributed by atoms with Crippen molar-refractivity contribution in [2.45, 2.75) is 71.4 Å². The predicted molar refractivity (Wildman–Crippen MR) is 145 cm³/mol. The third-order valence-electron chi connectivity index (χ3n) is 8.43. The minimum atomic E-state index is -3.93. The van der Waals surface area contributed by atoms with Gasteiger partial charge in [-0.3, -0.25) is 4.79 Å². The molecule has 2 saturated carbocycles. The molecule has 0 saturated heterocycles. The normalized spacial score (nSPS) is 22.3. The molecule has 204 valence electrons. The number of halogens is 3. The highest BCUT2D eigenvalue weighted by atomic mass is 19.4. The summed E-state index contributed by atoms with van der Waals surface area (Å²) >= 11 is 0. The van der Waals surface area contributed by atoms with Gasteiger partial charge >= 0.3 is 12.1 Å². The molecule has 3 nitrogen and oxygen atoms in total. The Morgan fingerprint density at radius 1 is 0.974 bits per heavy atom. The largest absolute Gasteiger partial charge is 0.496 e. The molecule has 2 aliphatic rings. The number of ether oxygens (including phenoxy) is 1. The Bertz CT molecular complexity index is 1270. The molecule has 1 N–H and O–H groups in total. The van der Waals surface area contributed by atoms with Gasteiger partial charge in [0.25, 0.3) is 0 Å². The van der Waals surface area contributed by atoms with E-state index in [0.29, 0.717) is 25.2 Å². The van der Waals surface area contributed by atoms with Gasteiger partial charge in [0.05, 0.1) is 13.0 Å². The van der Waals surface area contributed by atoms with Crippen LogP contribution in [-0.4, -0.2) is 24.4 Å². The zero-order valence-corrected chi connectivity index (χ0v) is 22.4. The maximum Gasteiger partial charge on any atom is 0.391 e. The molecule has 0 bridgehead atoms. The van der Waals surface area contributed by atoms with Crippen LogP contribution >= 0.6 is 0 Å². The molecule has 3 aromatic rings. The highest BCUT2D eigenvalue weighted by molar-refractivity contribution is 5.99. The number of methoxy groups -OCH3 is 1. The molecule has 0 amide bonds. The molecule has 2 fully saturated rings. The summed E-state index contributed by atoms with van der Waals surface area (Å²) in [5.41, 5.74) is 4.59. The van der Waals surface area contributed by atoms with E-state index in [9.17, 15) is 18.0 Å². The van der Waals surface area contributed by atoms with E-state index >= 15 is 0 Å². The number of hydrogen-bond acceptors (Lipinski definition) is 2. The van der Waals surface area contributed by atoms with Gasteiger partial charge in [0.1, 0.15) is 5.75 Å². The number of rotatable bonds is 7. The van der Waals surface area contributed by atoms with Crippen molar-refractivity contribution >= 4 is 16.7 Å². The van der Waals surface area contributed by atoms with E-state index in [4.69, 9.17) is 9.84 Å². The van der Waals surface area contributed by atoms with E-state index in [1.807, 2.05) is 18.2 Å². The van der Waals surface area contributed by atoms with Crippen LogP contribution < -0.4 is 4.74 Å². The van der Waals surface area contributed by atoms with Crippen LogP contribution in [0.1, 0.15) is 63.5 Å². The number of carboxylic acid groups (broad SMARTS) is 1. The van der Waals surface area contributed by atoms with Crippen LogP contribution in [0.4, 0.5) is 13.2 Å². The summed E-state index contributed by atoms with van der Waals surface area (Å²) in [5, 5.41) is 11.2. The Morgan fingerprint density at radius 2 is 1.66 bits per heavy atom. The maximum atomic E-state index is 12.2. The van der Waals surface area contributed by atoms with Crippen molar-refractivity contribution in [3.8, 4) is 16.9 Å². The molecule has 0 atom stereocenters. The monoisotopic (exact) mass is 526 g/mol. The van der Waals surface area contributed by atoms with E-state index in [2.05, 4.69) is 50.2 Å². The number of alkyl halides is 3. The van der Waals surface area contributed by atoms with Crippen molar-refractivity contribution < 1.29 is 27.8 Å². The molecule has 0 aromatic heterocycles. The average molecular weight is 527 g/mol. The van der Waals surface area contributed by atoms with E-state index in [1.54, 1.807) is 7.11 Å². The van der Waals surface area contributed by atoms with Crippen LogP contribution in [0.2, 0.25) is 0 Å². The van der Waals surface area contributed by atoms with Gasteiger partial charge in [-0.05, 0) is 83.4 Å². The van der Waals surface area contributed by atoms with Crippen LogP contribution in [0.3, 0.4) is 0 Å². The van der Waals surface area contributed by atoms with Crippen molar-refractivity contribution in [2.24, 2.45) is 17.3 Å². The Morgan fingerprint density at radius 3 is 2.26 bits per heavy atom. The average Bonchev–Trinajstić information content (AvgIpc) is 2.84. The molecule has 0 radical (unpaired) electrons. The second-order valence-corrected chi connectivity index (χ2v) is 10.9. The fourth-order valence-electron chi connectivity index (χ4n) is 6.25. The van der Waals surface area contributed by atoms with Gasteiger partial charge in [-0.25, -0.2) is 0 Å². The highest BCUT2D eigenvalue weighted by Crippen LogP contribution is 2.64. The van der Waals surface area contributed by atoms with Gasteiger partial charge in [0.15, 0.2) is 0 Å². The number of aliphatic carboxylic acids is 1. The third-order valence-corrected chi connectivity index (χ3v) is 8.43. The van der Waals surface area contributed by atoms with E-state index in [0.717, 1.165) is 58.9 Å². The quantitative estimate of drug-likeness (QED) is 0.334. The van der Waals surface area contributed by atoms with Gasteiger partial charge in [0, 0.05) is 12.0 Å². The molecule has 2 aliphatic carbocycles. The summed E-state index contributed by atoms with van der Waals surface area (Å²) in [6, 6.07) is 18.6. The lowest BCUT2D eigenvalue weighted by molar-refractivity contribution is -0.240. The first-order chi connectivity index (χ1) is 18.1. The Hall–Kier alpha value is -3.02. The van der Waals surface area contributed by atoms with Crippen LogP contribution in [0.25, 0.3) is 21.9 Å². The van der Waals surface area contributed by atoms with Crippen molar-refractivity contribution in [1.29, 1.82) is 0 Å². The van der Waals surface area contributed by atoms with Crippen molar-refractivity contribution in [3.05, 3.63) is 65.7 Å². The molecule has 0 heterocycles. The summed E-state index contributed by atoms with van der Waals surface area (Å²) in [6.07, 6.45) is 1.76. The number of carbonyl (C=O) groups is 1. The first-order valence-corrected chi connectivity index (χ1v) is 13.6. The summed E-state index contributed by atoms with van der Waals surface area (Å²) in [5.74, 6) is -0.174. The van der Waals surface area contributed by atoms with E-state index in [-0.39, 0.29) is 11.8 Å². The maximum absolute atomic E-state index is 12.2. The standard InChI is InChI=1S/C22H22O3.C10H15F3/c1-3-15-10-12-20(21(14-15)25-2)19-9-5-7-17-16(11-13-22(23)24)6-4-8-18(17)19;1-2-7-3-9(4-7)5-8(6-9)10(11,12)13/h4-10,12,14H,3,11,13H2,1-2H3,(H,23,24);7-8H,2-6H2,1H3. The fourth-order valence-corrected chi connectivity index (χ4v) is 6.25. The minimum absolute atomic E-state index is 0.126. The predicted octanol–water partition coefficient (Wildman–Crippen LogP) is 8.86. The zero-order chi connectivity index (χ0) is 27.5. The van der Waals surface area contributed by atoms with Gasteiger partial charge in [-0.1, -0.05) is 68.8 Å². The molecule has 6 heteroatoms. The first-order valence-electron chi connectivity index (χ1n) is 13.6. The Kier molecular flexibility index (Phi) is 8.39. The van der Waals surface area contributed by atoms with Crippen LogP contribution in [0.5, 0.6) is 5.75 Å². The first kappa shape index (κ1) is 28.0. The molecule has 3 aromatic carbocycles. The Balaban J connectivity index is 0.000000216. The highest BCUT2D eigenvalue weighted by Gasteiger charge is 2.59. The summed E-state index contributed by atoms with van der Waals surface area (Å²) in [4.78, 5) is 10.9. The number of hydrogen-bond donors (Lipinski definition) is 1. The van der Waals surface area contributed by atoms with Gasteiger partial charge in [0.2, 0.25) is 0 Å². The van der Waals surface area contributed by atoms with E-state index < -0.39 is 18.1 Å². The molecule has 38 heavy (non-hydrogen) atoms. The molecular formula is C32H37F3O3. The lowest BCUT2D eigenvalue weighted by atomic mass is 9.47. The van der Waals surface area contributed by atoms with Crippen molar-refractivity contribution in [2.75, 3.05) is 7.11 Å². The van der Waals surface area contributed by atoms with Gasteiger partial charge in [-0.15, -0.1) is 0 Å². The number of fused-ring (bicyclic) bond motifs is 1. The smallest absolute Gasteiger partial charge is 0.391 e. The van der Waals surface area contributed by atoms with Crippen LogP contribution in [0, 0.1) is 17.3 Å². The molecule has 5 rings (SSSR count). The lowest BCUT2D eigenvalue weighted by Gasteiger charge is -2.58. The van der Waals surface area contributed by atoms with Crippen molar-refractivity contribution in [3.63, 3.8) is 0 Å². The number of aryl methyl sites for hydroxylation is 2. The zero-order valence-electron chi connectivity index (χ0n) is 22.4. The topological polar surface area (TPSA) is 46.5 Å². The number of carboxylic acids is 1. The molecule has 1 spiro atoms. The Labute approximate surface area is 223 Å². The molecule has 0 aliphatic heterocycles. The summed E-state index contributed by atoms with van der Waals surface area (Å²) in [7, 11) is 1.70. The second kappa shape index (κ2) is 11.4. The summed E-state index contributed by atoms with van der Waals surface area (Å²) in [6.45, 7) is 4.25. The van der Waals surface area contributed by atoms with Crippen molar-refractivity contribution in [1.82, 2.24) is 0 Å². The number of benzene rings is 3. The van der Waals surface area contributed by atoms with E-state index in [1.165, 1.54) is 5.56 Å². The molecule has 0 unspecified atom stereocenters. The second-order valence-electron chi connectivity index (χ2n) is 10.9. The van der Waals surface area contributed by atoms with Gasteiger partial charge in [-0.2, -0.15) is 13.2 Å². The van der Waals surface area contributed by atoms with Crippen LogP contribution in [-0.2, 0) is 17.6 Å². The SMILES string of the molecule is CCC1CC2(C1)CC(C(F)(F)F)C2.CCc1ccc(-c2cccc3c(CCC(=O)O)cccc23)c(OC)c1.